The lowest BCUT2D eigenvalue weighted by atomic mass is 9.88. The number of hydrogen-bond donors (Lipinski definition) is 1. The van der Waals surface area contributed by atoms with E-state index in [0.29, 0.717) is 36.3 Å². The van der Waals surface area contributed by atoms with Crippen LogP contribution in [0.5, 0.6) is 5.75 Å². The zero-order chi connectivity index (χ0) is 33.1. The van der Waals surface area contributed by atoms with E-state index in [2.05, 4.69) is 35.8 Å². The van der Waals surface area contributed by atoms with Crippen molar-refractivity contribution in [2.24, 2.45) is 11.7 Å². The SMILES string of the molecule is COc1cc(C(=O)N2C[C@H](N)C[C@@H](F)C2)cn2nc(-c3cc4cccc(C5CCN(C(=O)C6CCCO6)CC5)c4n3CC3CC3)c(C)c12. The van der Waals surface area contributed by atoms with Crippen molar-refractivity contribution in [3.05, 3.63) is 53.2 Å². The molecule has 2 amide bonds. The summed E-state index contributed by atoms with van der Waals surface area (Å²) in [5.74, 6) is 1.40. The van der Waals surface area contributed by atoms with Crippen LogP contribution in [-0.2, 0) is 16.1 Å². The Morgan fingerprint density at radius 3 is 2.58 bits per heavy atom. The van der Waals surface area contributed by atoms with Gasteiger partial charge in [0, 0.05) is 56.0 Å². The molecule has 3 atom stereocenters. The van der Waals surface area contributed by atoms with E-state index < -0.39 is 6.17 Å². The van der Waals surface area contributed by atoms with Crippen molar-refractivity contribution < 1.29 is 23.5 Å². The number of rotatable bonds is 7. The summed E-state index contributed by atoms with van der Waals surface area (Å²) < 4.78 is 30.1. The first kappa shape index (κ1) is 31.3. The Balaban J connectivity index is 1.15. The summed E-state index contributed by atoms with van der Waals surface area (Å²) in [6.45, 7) is 5.50. The third-order valence-corrected chi connectivity index (χ3v) is 10.9. The van der Waals surface area contributed by atoms with Crippen LogP contribution in [0.2, 0.25) is 0 Å². The van der Waals surface area contributed by atoms with Crippen LogP contribution in [0.15, 0.2) is 36.5 Å². The number of carbonyl (C=O) groups excluding carboxylic acids is 2. The molecular formula is C37H45FN6O4. The zero-order valence-electron chi connectivity index (χ0n) is 27.9. The minimum atomic E-state index is -1.14. The molecule has 4 aliphatic rings. The highest BCUT2D eigenvalue weighted by Crippen LogP contribution is 2.42. The number of hydrogen-bond acceptors (Lipinski definition) is 6. The lowest BCUT2D eigenvalue weighted by molar-refractivity contribution is -0.142. The molecule has 0 spiro atoms. The van der Waals surface area contributed by atoms with Crippen LogP contribution in [0.1, 0.15) is 72.3 Å². The van der Waals surface area contributed by atoms with E-state index in [1.807, 2.05) is 4.90 Å². The number of likely N-dealkylation sites (tertiary alicyclic amines) is 2. The number of amides is 2. The third-order valence-electron chi connectivity index (χ3n) is 10.9. The Bertz CT molecular complexity index is 1860. The second-order valence-electron chi connectivity index (χ2n) is 14.3. The summed E-state index contributed by atoms with van der Waals surface area (Å²) in [5.41, 5.74) is 12.7. The topological polar surface area (TPSA) is 107 Å². The molecule has 6 heterocycles. The second kappa shape index (κ2) is 12.5. The van der Waals surface area contributed by atoms with Gasteiger partial charge in [0.15, 0.2) is 0 Å². The van der Waals surface area contributed by atoms with Crippen LogP contribution in [0.3, 0.4) is 0 Å². The number of ether oxygens (including phenoxy) is 2. The predicted octanol–water partition coefficient (Wildman–Crippen LogP) is 5.08. The third kappa shape index (κ3) is 5.64. The fraction of sp³-hybridized carbons (Fsp3) is 0.541. The molecule has 1 aliphatic carbocycles. The molecule has 3 aromatic heterocycles. The molecule has 4 aromatic rings. The lowest BCUT2D eigenvalue weighted by Crippen LogP contribution is -2.50. The van der Waals surface area contributed by atoms with Gasteiger partial charge in [-0.25, -0.2) is 8.91 Å². The molecule has 3 aliphatic heterocycles. The van der Waals surface area contributed by atoms with Gasteiger partial charge < -0.3 is 29.6 Å². The number of carbonyl (C=O) groups is 2. The highest BCUT2D eigenvalue weighted by Gasteiger charge is 2.34. The average molecular weight is 657 g/mol. The van der Waals surface area contributed by atoms with E-state index >= 15 is 0 Å². The monoisotopic (exact) mass is 656 g/mol. The minimum absolute atomic E-state index is 0.0319. The summed E-state index contributed by atoms with van der Waals surface area (Å²) in [7, 11) is 1.60. The predicted molar refractivity (Wildman–Crippen MR) is 181 cm³/mol. The molecule has 8 rings (SSSR count). The molecule has 1 aromatic carbocycles. The van der Waals surface area contributed by atoms with Gasteiger partial charge in [0.25, 0.3) is 11.8 Å². The van der Waals surface area contributed by atoms with Crippen molar-refractivity contribution in [2.75, 3.05) is 39.9 Å². The molecular weight excluding hydrogens is 611 g/mol. The largest absolute Gasteiger partial charge is 0.494 e. The number of aryl methyl sites for hydroxylation is 1. The number of halogens is 1. The van der Waals surface area contributed by atoms with Gasteiger partial charge in [-0.3, -0.25) is 9.59 Å². The van der Waals surface area contributed by atoms with Gasteiger partial charge in [-0.15, -0.1) is 0 Å². The number of para-hydroxylation sites is 1. The first-order chi connectivity index (χ1) is 23.3. The van der Waals surface area contributed by atoms with E-state index in [1.54, 1.807) is 23.9 Å². The molecule has 0 bridgehead atoms. The van der Waals surface area contributed by atoms with E-state index in [4.69, 9.17) is 20.3 Å². The second-order valence-corrected chi connectivity index (χ2v) is 14.3. The minimum Gasteiger partial charge on any atom is -0.494 e. The van der Waals surface area contributed by atoms with Gasteiger partial charge in [-0.1, -0.05) is 18.2 Å². The van der Waals surface area contributed by atoms with Gasteiger partial charge in [-0.05, 0) is 81.4 Å². The number of pyridine rings is 1. The number of nitrogens with two attached hydrogens (primary N) is 1. The van der Waals surface area contributed by atoms with Crippen LogP contribution < -0.4 is 10.5 Å². The molecule has 0 radical (unpaired) electrons. The molecule has 1 unspecified atom stereocenters. The van der Waals surface area contributed by atoms with Gasteiger partial charge in [0.05, 0.1) is 30.4 Å². The zero-order valence-corrected chi connectivity index (χ0v) is 27.9. The fourth-order valence-electron chi connectivity index (χ4n) is 8.24. The molecule has 10 nitrogen and oxygen atoms in total. The van der Waals surface area contributed by atoms with Gasteiger partial charge in [-0.2, -0.15) is 5.10 Å². The number of piperidine rings is 2. The Morgan fingerprint density at radius 2 is 1.88 bits per heavy atom. The van der Waals surface area contributed by atoms with E-state index in [1.165, 1.54) is 34.2 Å². The number of fused-ring (bicyclic) bond motifs is 2. The molecule has 4 fully saturated rings. The van der Waals surface area contributed by atoms with Crippen molar-refractivity contribution in [3.63, 3.8) is 0 Å². The van der Waals surface area contributed by atoms with Crippen molar-refractivity contribution in [2.45, 2.75) is 82.6 Å². The number of nitrogens with zero attached hydrogens (tertiary/aromatic N) is 5. The van der Waals surface area contributed by atoms with E-state index in [-0.39, 0.29) is 36.9 Å². The molecule has 48 heavy (non-hydrogen) atoms. The summed E-state index contributed by atoms with van der Waals surface area (Å²) >= 11 is 0. The maximum atomic E-state index is 14.3. The summed E-state index contributed by atoms with van der Waals surface area (Å²) in [6.07, 6.45) is 6.66. The van der Waals surface area contributed by atoms with Crippen molar-refractivity contribution in [1.29, 1.82) is 0 Å². The van der Waals surface area contributed by atoms with Gasteiger partial charge in [0.2, 0.25) is 0 Å². The molecule has 254 valence electrons. The Morgan fingerprint density at radius 1 is 1.06 bits per heavy atom. The van der Waals surface area contributed by atoms with Crippen molar-refractivity contribution >= 4 is 28.2 Å². The summed E-state index contributed by atoms with van der Waals surface area (Å²) in [4.78, 5) is 30.1. The smallest absolute Gasteiger partial charge is 0.255 e. The highest BCUT2D eigenvalue weighted by atomic mass is 19.1. The maximum absolute atomic E-state index is 14.3. The average Bonchev–Trinajstić information content (AvgIpc) is 3.44. The highest BCUT2D eigenvalue weighted by molar-refractivity contribution is 5.96. The quantitative estimate of drug-likeness (QED) is 0.298. The summed E-state index contributed by atoms with van der Waals surface area (Å²) in [6, 6.07) is 10.2. The van der Waals surface area contributed by atoms with Gasteiger partial charge >= 0.3 is 0 Å². The van der Waals surface area contributed by atoms with E-state index in [9.17, 15) is 14.0 Å². The number of alkyl halides is 1. The number of aromatic nitrogens is 3. The standard InChI is InChI=1S/C37H45FN6O4/c1-22-33(40-44-19-26(16-32(47-2)34(22)44)36(45)42-20-27(38)17-28(39)21-42)30-15-25-5-3-6-29(35(25)43(30)18-23-8-9-23)24-10-12-41(13-11-24)37(46)31-7-4-14-48-31/h3,5-6,15-16,19,23-24,27-28,31H,4,7-14,17-18,20-21,39H2,1-2H3/t27-,28-,31?/m1/s1. The summed E-state index contributed by atoms with van der Waals surface area (Å²) in [5, 5.41) is 6.28. The fourth-order valence-corrected chi connectivity index (χ4v) is 8.24. The molecule has 11 heteroatoms. The first-order valence-corrected chi connectivity index (χ1v) is 17.6. The van der Waals surface area contributed by atoms with Crippen LogP contribution in [-0.4, -0.2) is 94.0 Å². The van der Waals surface area contributed by atoms with Crippen LogP contribution in [0.25, 0.3) is 27.8 Å². The van der Waals surface area contributed by atoms with Crippen LogP contribution in [0.4, 0.5) is 4.39 Å². The Kier molecular flexibility index (Phi) is 8.15. The molecule has 1 saturated carbocycles. The number of benzene rings is 1. The number of methoxy groups -OCH3 is 1. The lowest BCUT2D eigenvalue weighted by Gasteiger charge is -2.34. The van der Waals surface area contributed by atoms with Crippen LogP contribution in [0, 0.1) is 12.8 Å². The maximum Gasteiger partial charge on any atom is 0.255 e. The molecule has 3 saturated heterocycles. The van der Waals surface area contributed by atoms with Crippen molar-refractivity contribution in [3.8, 4) is 17.1 Å². The first-order valence-electron chi connectivity index (χ1n) is 17.6. The van der Waals surface area contributed by atoms with Gasteiger partial charge in [0.1, 0.15) is 29.2 Å². The normalized spacial score (nSPS) is 23.8. The van der Waals surface area contributed by atoms with Crippen LogP contribution >= 0.6 is 0 Å². The van der Waals surface area contributed by atoms with Crippen molar-refractivity contribution in [1.82, 2.24) is 24.0 Å². The molecule has 2 N–H and O–H groups in total. The Hall–Kier alpha value is -3.96. The van der Waals surface area contributed by atoms with E-state index in [0.717, 1.165) is 67.8 Å². The Labute approximate surface area is 279 Å².